The molecule has 0 saturated carbocycles. The molecule has 0 radical (unpaired) electrons. The van der Waals surface area contributed by atoms with Gasteiger partial charge in [0.2, 0.25) is 5.91 Å². The van der Waals surface area contributed by atoms with E-state index in [4.69, 9.17) is 16.0 Å². The molecule has 3 aromatic carbocycles. The van der Waals surface area contributed by atoms with Crippen molar-refractivity contribution in [2.75, 3.05) is 31.6 Å². The van der Waals surface area contributed by atoms with Crippen LogP contribution in [0.5, 0.6) is 0 Å². The van der Waals surface area contributed by atoms with E-state index in [0.29, 0.717) is 29.6 Å². The number of para-hydroxylation sites is 1. The normalized spacial score (nSPS) is 15.1. The van der Waals surface area contributed by atoms with Crippen molar-refractivity contribution in [1.82, 2.24) is 10.2 Å². The lowest BCUT2D eigenvalue weighted by molar-refractivity contribution is -0.128. The van der Waals surface area contributed by atoms with Crippen molar-refractivity contribution in [3.63, 3.8) is 0 Å². The molecule has 0 unspecified atom stereocenters. The highest BCUT2D eigenvalue weighted by atomic mass is 35.5. The van der Waals surface area contributed by atoms with Gasteiger partial charge in [0.05, 0.1) is 5.39 Å². The minimum Gasteiger partial charge on any atom is -0.453 e. The number of benzene rings is 3. The van der Waals surface area contributed by atoms with Crippen LogP contribution in [0.25, 0.3) is 17.0 Å². The van der Waals surface area contributed by atoms with Gasteiger partial charge in [-0.05, 0) is 84.4 Å². The maximum Gasteiger partial charge on any atom is 0.222 e. The summed E-state index contributed by atoms with van der Waals surface area (Å²) in [6.45, 7) is 7.71. The topological polar surface area (TPSA) is 82.9 Å². The zero-order chi connectivity index (χ0) is 33.3. The number of aldehydes is 1. The third-order valence-corrected chi connectivity index (χ3v) is 8.92. The van der Waals surface area contributed by atoms with Gasteiger partial charge in [0.1, 0.15) is 5.58 Å². The lowest BCUT2D eigenvalue weighted by Gasteiger charge is -2.33. The van der Waals surface area contributed by atoms with Gasteiger partial charge in [-0.25, -0.2) is 0 Å². The Morgan fingerprint density at radius 3 is 2.36 bits per heavy atom. The predicted octanol–water partition coefficient (Wildman–Crippen LogP) is 7.98. The highest BCUT2D eigenvalue weighted by Gasteiger charge is 2.23. The van der Waals surface area contributed by atoms with Crippen LogP contribution in [-0.2, 0) is 11.3 Å². The Hall–Kier alpha value is -4.62. The van der Waals surface area contributed by atoms with Gasteiger partial charge in [0.25, 0.3) is 0 Å². The fourth-order valence-electron chi connectivity index (χ4n) is 5.96. The summed E-state index contributed by atoms with van der Waals surface area (Å²) in [5, 5.41) is 4.59. The first kappa shape index (κ1) is 33.7. The van der Waals surface area contributed by atoms with Crippen molar-refractivity contribution >= 4 is 46.5 Å². The van der Waals surface area contributed by atoms with Crippen molar-refractivity contribution in [3.8, 4) is 0 Å². The van der Waals surface area contributed by atoms with E-state index in [2.05, 4.69) is 60.5 Å². The van der Waals surface area contributed by atoms with Crippen molar-refractivity contribution in [3.05, 3.63) is 128 Å². The second kappa shape index (κ2) is 15.8. The first-order chi connectivity index (χ1) is 22.7. The molecule has 3 heterocycles. The van der Waals surface area contributed by atoms with Crippen molar-refractivity contribution in [2.24, 2.45) is 0 Å². The molecule has 7 nitrogen and oxygen atoms in total. The highest BCUT2D eigenvalue weighted by molar-refractivity contribution is 6.30. The summed E-state index contributed by atoms with van der Waals surface area (Å²) in [7, 11) is 1.96. The maximum absolute atomic E-state index is 12.1. The molecule has 0 atom stereocenters. The Bertz CT molecular complexity index is 1830. The lowest BCUT2D eigenvalue weighted by atomic mass is 10.0. The highest BCUT2D eigenvalue weighted by Crippen LogP contribution is 2.29. The Morgan fingerprint density at radius 1 is 0.957 bits per heavy atom. The molecule has 244 valence electrons. The van der Waals surface area contributed by atoms with Crippen LogP contribution in [0, 0.1) is 0 Å². The number of anilines is 1. The van der Waals surface area contributed by atoms with Crippen LogP contribution < -0.4 is 15.6 Å². The number of nitrogens with one attached hydrogen (secondary N) is 1. The molecular formula is C39H42ClN3O4. The van der Waals surface area contributed by atoms with Gasteiger partial charge in [0.15, 0.2) is 17.5 Å². The number of nitrogens with zero attached hydrogens (tertiary/aromatic N) is 2. The number of rotatable bonds is 8. The van der Waals surface area contributed by atoms with Gasteiger partial charge in [-0.1, -0.05) is 67.4 Å². The average molecular weight is 652 g/mol. The van der Waals surface area contributed by atoms with Gasteiger partial charge in [-0.15, -0.1) is 0 Å². The molecule has 2 aliphatic heterocycles. The number of hydrogen-bond donors (Lipinski definition) is 1. The molecule has 1 amide bonds. The molecule has 1 N–H and O–H groups in total. The summed E-state index contributed by atoms with van der Waals surface area (Å²) in [6, 6.07) is 23.1. The number of amides is 1. The van der Waals surface area contributed by atoms with Crippen LogP contribution in [0.4, 0.5) is 5.69 Å². The average Bonchev–Trinajstić information content (AvgIpc) is 3.49. The Kier molecular flexibility index (Phi) is 11.3. The molecule has 47 heavy (non-hydrogen) atoms. The SMILES string of the molecule is CC(C)c1ccc2oc(C=O)cc(=O)c2c1.CN/C(C=C1CCN(c2ccccc2CN2CCCC2=O)CC1)=C\c1ccc(Cl)cc1. The van der Waals surface area contributed by atoms with Crippen LogP contribution in [0.2, 0.25) is 5.02 Å². The number of likely N-dealkylation sites (tertiary alicyclic amines) is 1. The third kappa shape index (κ3) is 8.80. The molecule has 1 aromatic heterocycles. The maximum atomic E-state index is 12.1. The number of carbonyl (C=O) groups excluding carboxylic acids is 2. The fraction of sp³-hybridized carbons (Fsp3) is 0.308. The van der Waals surface area contributed by atoms with Gasteiger partial charge in [-0.2, -0.15) is 0 Å². The van der Waals surface area contributed by atoms with Gasteiger partial charge in [0, 0.05) is 62.1 Å². The van der Waals surface area contributed by atoms with Crippen LogP contribution in [0.1, 0.15) is 72.7 Å². The van der Waals surface area contributed by atoms with E-state index in [-0.39, 0.29) is 17.1 Å². The summed E-state index contributed by atoms with van der Waals surface area (Å²) < 4.78 is 5.26. The van der Waals surface area contributed by atoms with E-state index in [9.17, 15) is 14.4 Å². The standard InChI is InChI=1S/C26H30ClN3O.C13H12O3/c1-28-24(17-20-8-10-23(27)11-9-20)18-21-12-15-29(16-13-21)25-6-3-2-5-22(25)19-30-14-4-7-26(30)31;1-8(2)9-3-4-13-11(5-9)12(15)6-10(7-14)16-13/h2-3,5-6,8-11,17-18,28H,4,7,12-16,19H2,1H3;3-8H,1-2H3/b24-17-;. The minimum absolute atomic E-state index is 0.0646. The van der Waals surface area contributed by atoms with E-state index in [1.165, 1.54) is 22.9 Å². The summed E-state index contributed by atoms with van der Waals surface area (Å²) >= 11 is 6.00. The molecule has 0 aliphatic carbocycles. The summed E-state index contributed by atoms with van der Waals surface area (Å²) in [5.41, 5.74) is 7.59. The lowest BCUT2D eigenvalue weighted by Crippen LogP contribution is -2.32. The molecule has 0 bridgehead atoms. The van der Waals surface area contributed by atoms with E-state index < -0.39 is 0 Å². The number of piperidine rings is 1. The number of allylic oxidation sites excluding steroid dienone is 1. The van der Waals surface area contributed by atoms with Crippen LogP contribution in [-0.4, -0.2) is 43.8 Å². The van der Waals surface area contributed by atoms with E-state index in [1.54, 1.807) is 6.07 Å². The Morgan fingerprint density at radius 2 is 1.70 bits per heavy atom. The fourth-order valence-corrected chi connectivity index (χ4v) is 6.09. The second-order valence-electron chi connectivity index (χ2n) is 12.3. The van der Waals surface area contributed by atoms with Gasteiger partial charge in [-0.3, -0.25) is 14.4 Å². The molecule has 8 heteroatoms. The monoisotopic (exact) mass is 651 g/mol. The first-order valence-electron chi connectivity index (χ1n) is 16.2. The van der Waals surface area contributed by atoms with Crippen LogP contribution in [0.3, 0.4) is 0 Å². The molecule has 2 fully saturated rings. The molecule has 4 aromatic rings. The number of carbonyl (C=O) groups is 2. The van der Waals surface area contributed by atoms with Crippen LogP contribution in [0.15, 0.2) is 99.4 Å². The first-order valence-corrected chi connectivity index (χ1v) is 16.6. The second-order valence-corrected chi connectivity index (χ2v) is 12.7. The Balaban J connectivity index is 0.000000227. The summed E-state index contributed by atoms with van der Waals surface area (Å²) in [4.78, 5) is 38.8. The summed E-state index contributed by atoms with van der Waals surface area (Å²) in [6.07, 6.45) is 8.72. The number of fused-ring (bicyclic) bond motifs is 1. The summed E-state index contributed by atoms with van der Waals surface area (Å²) in [5.74, 6) is 0.704. The van der Waals surface area contributed by atoms with E-state index in [1.807, 2.05) is 48.3 Å². The molecule has 6 rings (SSSR count). The smallest absolute Gasteiger partial charge is 0.222 e. The molecule has 0 spiro atoms. The third-order valence-electron chi connectivity index (χ3n) is 8.66. The van der Waals surface area contributed by atoms with Gasteiger partial charge < -0.3 is 19.5 Å². The zero-order valence-electron chi connectivity index (χ0n) is 27.3. The molecular weight excluding hydrogens is 610 g/mol. The van der Waals surface area contributed by atoms with E-state index >= 15 is 0 Å². The largest absolute Gasteiger partial charge is 0.453 e. The number of likely N-dealkylation sites (N-methyl/N-ethyl adjacent to an activating group) is 1. The number of halogens is 1. The molecule has 2 saturated heterocycles. The van der Waals surface area contributed by atoms with Crippen molar-refractivity contribution in [2.45, 2.75) is 52.0 Å². The number of hydrogen-bond acceptors (Lipinski definition) is 6. The van der Waals surface area contributed by atoms with Crippen LogP contribution >= 0.6 is 11.6 Å². The zero-order valence-corrected chi connectivity index (χ0v) is 28.1. The predicted molar refractivity (Wildman–Crippen MR) is 191 cm³/mol. The van der Waals surface area contributed by atoms with Crippen molar-refractivity contribution in [1.29, 1.82) is 0 Å². The minimum atomic E-state index is -0.175. The quantitative estimate of drug-likeness (QED) is 0.195. The Labute approximate surface area is 281 Å². The molecule has 2 aliphatic rings. The van der Waals surface area contributed by atoms with Crippen molar-refractivity contribution < 1.29 is 14.0 Å². The van der Waals surface area contributed by atoms with E-state index in [0.717, 1.165) is 67.3 Å². The van der Waals surface area contributed by atoms with Gasteiger partial charge >= 0.3 is 0 Å².